The number of benzene rings is 3. The molecule has 0 unspecified atom stereocenters. The van der Waals surface area contributed by atoms with Gasteiger partial charge in [0.2, 0.25) is 21.8 Å². The van der Waals surface area contributed by atoms with Crippen molar-refractivity contribution < 1.29 is 35.6 Å². The van der Waals surface area contributed by atoms with Crippen LogP contribution in [-0.4, -0.2) is 54.7 Å². The Balaban J connectivity index is 1.23. The average molecular weight is 696 g/mol. The van der Waals surface area contributed by atoms with E-state index in [1.807, 2.05) is 0 Å². The lowest BCUT2D eigenvalue weighted by Gasteiger charge is -2.37. The number of pyridine rings is 1. The van der Waals surface area contributed by atoms with Crippen molar-refractivity contribution in [3.63, 3.8) is 0 Å². The summed E-state index contributed by atoms with van der Waals surface area (Å²) in [7, 11) is -4.02. The number of halogens is 4. The Bertz CT molecular complexity index is 1990. The maximum atomic E-state index is 15.4. The van der Waals surface area contributed by atoms with Crippen molar-refractivity contribution in [2.24, 2.45) is 5.92 Å². The highest BCUT2D eigenvalue weighted by molar-refractivity contribution is 7.89. The molecule has 1 aliphatic carbocycles. The van der Waals surface area contributed by atoms with Crippen LogP contribution in [0.1, 0.15) is 42.4 Å². The lowest BCUT2D eigenvalue weighted by atomic mass is 9.88. The van der Waals surface area contributed by atoms with Gasteiger partial charge in [0, 0.05) is 56.2 Å². The van der Waals surface area contributed by atoms with Gasteiger partial charge >= 0.3 is 0 Å². The number of anilines is 2. The van der Waals surface area contributed by atoms with Crippen LogP contribution < -0.4 is 16.0 Å². The Kier molecular flexibility index (Phi) is 9.56. The van der Waals surface area contributed by atoms with Gasteiger partial charge < -0.3 is 16.0 Å². The van der Waals surface area contributed by atoms with Crippen molar-refractivity contribution >= 4 is 33.2 Å². The molecule has 1 saturated carbocycles. The summed E-state index contributed by atoms with van der Waals surface area (Å²) in [6.07, 6.45) is 2.50. The van der Waals surface area contributed by atoms with E-state index in [2.05, 4.69) is 20.9 Å². The number of piperazine rings is 1. The predicted octanol–water partition coefficient (Wildman–Crippen LogP) is 5.35. The van der Waals surface area contributed by atoms with Gasteiger partial charge in [0.25, 0.3) is 0 Å². The van der Waals surface area contributed by atoms with E-state index < -0.39 is 50.7 Å². The SMILES string of the molecule is CC(=O)Nc1cccc(S(=O)(=O)N2CCNC[C@]23C[C@H]3Cc2c(F)cncc2NC(=O)C[C@@H](c2ccc(F)cc2)c2cc(F)cc(F)c2)c1. The second-order valence-corrected chi connectivity index (χ2v) is 14.2. The van der Waals surface area contributed by atoms with Crippen LogP contribution in [0.5, 0.6) is 0 Å². The second-order valence-electron chi connectivity index (χ2n) is 12.4. The topological polar surface area (TPSA) is 120 Å². The van der Waals surface area contributed by atoms with E-state index in [0.29, 0.717) is 36.8 Å². The van der Waals surface area contributed by atoms with Crippen LogP contribution in [0.2, 0.25) is 0 Å². The summed E-state index contributed by atoms with van der Waals surface area (Å²) in [4.78, 5) is 28.9. The van der Waals surface area contributed by atoms with Crippen molar-refractivity contribution in [3.05, 3.63) is 119 Å². The molecule has 3 N–H and O–H groups in total. The van der Waals surface area contributed by atoms with E-state index >= 15 is 4.39 Å². The van der Waals surface area contributed by atoms with Crippen LogP contribution in [0.15, 0.2) is 84.0 Å². The lowest BCUT2D eigenvalue weighted by Crippen LogP contribution is -2.56. The molecule has 2 amide bonds. The highest BCUT2D eigenvalue weighted by atomic mass is 32.2. The largest absolute Gasteiger partial charge is 0.326 e. The Hall–Kier alpha value is -4.66. The molecule has 49 heavy (non-hydrogen) atoms. The average Bonchev–Trinajstić information content (AvgIpc) is 3.72. The fourth-order valence-corrected chi connectivity index (χ4v) is 8.56. The summed E-state index contributed by atoms with van der Waals surface area (Å²) < 4.78 is 86.7. The zero-order valence-electron chi connectivity index (χ0n) is 26.4. The van der Waals surface area contributed by atoms with Gasteiger partial charge in [0.1, 0.15) is 23.3 Å². The maximum Gasteiger partial charge on any atom is 0.243 e. The van der Waals surface area contributed by atoms with Crippen molar-refractivity contribution in [2.75, 3.05) is 30.3 Å². The number of carbonyl (C=O) groups is 2. The minimum atomic E-state index is -4.02. The molecule has 256 valence electrons. The number of nitrogens with zero attached hydrogens (tertiary/aromatic N) is 2. The van der Waals surface area contributed by atoms with E-state index in [9.17, 15) is 31.2 Å². The van der Waals surface area contributed by atoms with Crippen molar-refractivity contribution in [1.82, 2.24) is 14.6 Å². The number of amides is 2. The van der Waals surface area contributed by atoms with E-state index in [0.717, 1.165) is 18.3 Å². The Labute approximate surface area is 280 Å². The summed E-state index contributed by atoms with van der Waals surface area (Å²) in [5.74, 6) is -5.03. The van der Waals surface area contributed by atoms with Gasteiger partial charge in [-0.1, -0.05) is 18.2 Å². The van der Waals surface area contributed by atoms with Gasteiger partial charge in [-0.3, -0.25) is 14.6 Å². The van der Waals surface area contributed by atoms with Crippen molar-refractivity contribution in [3.8, 4) is 0 Å². The predicted molar refractivity (Wildman–Crippen MR) is 174 cm³/mol. The molecule has 0 bridgehead atoms. The molecule has 9 nitrogen and oxygen atoms in total. The number of nitrogens with one attached hydrogen (secondary N) is 3. The summed E-state index contributed by atoms with van der Waals surface area (Å²) in [5.41, 5.74) is 0.298. The smallest absolute Gasteiger partial charge is 0.243 e. The van der Waals surface area contributed by atoms with Crippen LogP contribution in [0, 0.1) is 29.2 Å². The van der Waals surface area contributed by atoms with Gasteiger partial charge in [-0.05, 0) is 72.4 Å². The zero-order valence-corrected chi connectivity index (χ0v) is 27.2. The zero-order chi connectivity index (χ0) is 34.9. The highest BCUT2D eigenvalue weighted by Gasteiger charge is 2.62. The Morgan fingerprint density at radius 2 is 1.69 bits per heavy atom. The molecule has 2 fully saturated rings. The second kappa shape index (κ2) is 13.7. The summed E-state index contributed by atoms with van der Waals surface area (Å²) in [6.45, 7) is 2.25. The molecule has 6 rings (SSSR count). The van der Waals surface area contributed by atoms with E-state index in [4.69, 9.17) is 0 Å². The fourth-order valence-electron chi connectivity index (χ4n) is 6.68. The molecule has 3 atom stereocenters. The van der Waals surface area contributed by atoms with Crippen molar-refractivity contribution in [2.45, 2.75) is 42.5 Å². The number of hydrogen-bond donors (Lipinski definition) is 3. The molecule has 0 radical (unpaired) electrons. The van der Waals surface area contributed by atoms with Gasteiger partial charge in [-0.15, -0.1) is 0 Å². The highest BCUT2D eigenvalue weighted by Crippen LogP contribution is 2.53. The number of hydrogen-bond acceptors (Lipinski definition) is 6. The van der Waals surface area contributed by atoms with E-state index in [1.165, 1.54) is 53.8 Å². The Morgan fingerprint density at radius 3 is 2.41 bits per heavy atom. The van der Waals surface area contributed by atoms with E-state index in [-0.39, 0.29) is 52.9 Å². The molecule has 4 aromatic rings. The van der Waals surface area contributed by atoms with Crippen LogP contribution in [-0.2, 0) is 26.0 Å². The monoisotopic (exact) mass is 695 g/mol. The number of sulfonamides is 1. The van der Waals surface area contributed by atoms with Crippen LogP contribution in [0.3, 0.4) is 0 Å². The number of carbonyl (C=O) groups excluding carboxylic acids is 2. The third-order valence-electron chi connectivity index (χ3n) is 9.04. The Morgan fingerprint density at radius 1 is 0.959 bits per heavy atom. The van der Waals surface area contributed by atoms with Crippen LogP contribution in [0.4, 0.5) is 28.9 Å². The van der Waals surface area contributed by atoms with Gasteiger partial charge in [0.05, 0.1) is 28.5 Å². The molecule has 3 aromatic carbocycles. The molecule has 1 aromatic heterocycles. The fraction of sp³-hybridized carbons (Fsp3) is 0.286. The molecule has 2 aliphatic rings. The molecule has 1 aliphatic heterocycles. The van der Waals surface area contributed by atoms with Crippen LogP contribution in [0.25, 0.3) is 0 Å². The summed E-state index contributed by atoms with van der Waals surface area (Å²) in [6, 6.07) is 14.1. The van der Waals surface area contributed by atoms with Crippen molar-refractivity contribution in [1.29, 1.82) is 0 Å². The first-order chi connectivity index (χ1) is 23.4. The van der Waals surface area contributed by atoms with Gasteiger partial charge in [0.15, 0.2) is 0 Å². The van der Waals surface area contributed by atoms with Crippen LogP contribution >= 0.6 is 0 Å². The first kappa shape index (κ1) is 34.2. The first-order valence-corrected chi connectivity index (χ1v) is 17.0. The minimum absolute atomic E-state index is 0.0163. The minimum Gasteiger partial charge on any atom is -0.326 e. The maximum absolute atomic E-state index is 15.4. The molecule has 14 heteroatoms. The normalized spacial score (nSPS) is 19.7. The van der Waals surface area contributed by atoms with E-state index in [1.54, 1.807) is 12.1 Å². The quantitative estimate of drug-likeness (QED) is 0.193. The number of rotatable bonds is 10. The first-order valence-electron chi connectivity index (χ1n) is 15.6. The third-order valence-corrected chi connectivity index (χ3v) is 11.0. The van der Waals surface area contributed by atoms with Gasteiger partial charge in [-0.2, -0.15) is 4.31 Å². The standard InChI is InChI=1S/C35H33F4N5O4S/c1-21(45)42-28-3-2-4-29(15-28)49(47,48)44-10-9-40-20-35(44)17-24(35)13-31-32(39)18-41-19-33(31)43-34(46)16-30(22-5-7-25(36)8-6-22)23-11-26(37)14-27(38)12-23/h2-8,11-12,14-15,18-19,24,30,40H,9-10,13,16-17,20H2,1H3,(H,42,45)(H,43,46)/t24-,30+,35+/m1/s1. The number of aromatic nitrogens is 1. The molecule has 2 heterocycles. The van der Waals surface area contributed by atoms with Gasteiger partial charge in [-0.25, -0.2) is 26.0 Å². The molecular weight excluding hydrogens is 662 g/mol. The summed E-state index contributed by atoms with van der Waals surface area (Å²) in [5, 5.41) is 8.54. The molecule has 1 spiro atoms. The third kappa shape index (κ3) is 7.36. The molecule has 1 saturated heterocycles. The summed E-state index contributed by atoms with van der Waals surface area (Å²) >= 11 is 0. The lowest BCUT2D eigenvalue weighted by molar-refractivity contribution is -0.116. The molecular formula is C35H33F4N5O4S.